The number of benzene rings is 1. The van der Waals surface area contributed by atoms with Crippen molar-refractivity contribution in [3.05, 3.63) is 58.3 Å². The summed E-state index contributed by atoms with van der Waals surface area (Å²) in [6, 6.07) is 9.80. The lowest BCUT2D eigenvalue weighted by Gasteiger charge is -2.32. The molecule has 0 saturated carbocycles. The first-order valence-electron chi connectivity index (χ1n) is 9.65. The van der Waals surface area contributed by atoms with Gasteiger partial charge in [-0.15, -0.1) is 26.6 Å². The van der Waals surface area contributed by atoms with Crippen molar-refractivity contribution in [1.82, 2.24) is 24.8 Å². The molecule has 1 unspecified atom stereocenters. The van der Waals surface area contributed by atoms with E-state index < -0.39 is 17.7 Å². The fraction of sp³-hybridized carbons (Fsp3) is 0.300. The summed E-state index contributed by atoms with van der Waals surface area (Å²) in [5.74, 6) is 0.381. The van der Waals surface area contributed by atoms with Gasteiger partial charge < -0.3 is 4.90 Å². The number of nitrogens with zero attached hydrogens (tertiary/aromatic N) is 6. The summed E-state index contributed by atoms with van der Waals surface area (Å²) in [7, 11) is 0. The van der Waals surface area contributed by atoms with Crippen LogP contribution in [0, 0.1) is 5.82 Å². The molecule has 3 aromatic heterocycles. The molecule has 0 bridgehead atoms. The van der Waals surface area contributed by atoms with Crippen LogP contribution in [0.5, 0.6) is 0 Å². The SMILES string of the molecule is Fc1ccccc1-c1nnc2ccc(N3CCCC(c4nc(C(F)(F)F)cs4)C3)nn12. The maximum absolute atomic E-state index is 14.3. The fourth-order valence-electron chi connectivity index (χ4n) is 3.75. The predicted molar refractivity (Wildman–Crippen MR) is 107 cm³/mol. The molecule has 5 rings (SSSR count). The van der Waals surface area contributed by atoms with Gasteiger partial charge in [0.2, 0.25) is 0 Å². The van der Waals surface area contributed by atoms with Gasteiger partial charge in [0.1, 0.15) is 11.6 Å². The summed E-state index contributed by atoms with van der Waals surface area (Å²) in [6.45, 7) is 1.21. The minimum atomic E-state index is -4.44. The van der Waals surface area contributed by atoms with Crippen LogP contribution in [-0.2, 0) is 6.18 Å². The average molecular weight is 448 g/mol. The Kier molecular flexibility index (Phi) is 4.84. The minimum absolute atomic E-state index is 0.112. The van der Waals surface area contributed by atoms with Gasteiger partial charge in [0, 0.05) is 24.4 Å². The molecule has 1 atom stereocenters. The first-order chi connectivity index (χ1) is 14.9. The van der Waals surface area contributed by atoms with Crippen LogP contribution in [0.15, 0.2) is 41.8 Å². The van der Waals surface area contributed by atoms with E-state index in [1.807, 2.05) is 4.90 Å². The van der Waals surface area contributed by atoms with E-state index in [0.29, 0.717) is 41.0 Å². The number of hydrogen-bond acceptors (Lipinski definition) is 6. The van der Waals surface area contributed by atoms with Crippen LogP contribution >= 0.6 is 11.3 Å². The summed E-state index contributed by atoms with van der Waals surface area (Å²) in [4.78, 5) is 5.83. The molecule has 1 aliphatic heterocycles. The summed E-state index contributed by atoms with van der Waals surface area (Å²) in [6.07, 6.45) is -2.88. The zero-order valence-corrected chi connectivity index (χ0v) is 16.9. The summed E-state index contributed by atoms with van der Waals surface area (Å²) < 4.78 is 54.5. The smallest absolute Gasteiger partial charge is 0.354 e. The maximum atomic E-state index is 14.3. The second-order valence-corrected chi connectivity index (χ2v) is 8.21. The van der Waals surface area contributed by atoms with Crippen LogP contribution in [0.3, 0.4) is 0 Å². The highest BCUT2D eigenvalue weighted by molar-refractivity contribution is 7.09. The molecule has 1 aromatic carbocycles. The third-order valence-corrected chi connectivity index (χ3v) is 6.28. The number of anilines is 1. The summed E-state index contributed by atoms with van der Waals surface area (Å²) in [5, 5.41) is 14.3. The van der Waals surface area contributed by atoms with Gasteiger partial charge in [-0.1, -0.05) is 12.1 Å². The molecule has 4 aromatic rings. The van der Waals surface area contributed by atoms with E-state index in [4.69, 9.17) is 0 Å². The third-order valence-electron chi connectivity index (χ3n) is 5.27. The molecule has 0 radical (unpaired) electrons. The van der Waals surface area contributed by atoms with Crippen LogP contribution in [-0.4, -0.2) is 37.9 Å². The molecular formula is C20H16F4N6S. The number of aromatic nitrogens is 5. The van der Waals surface area contributed by atoms with E-state index >= 15 is 0 Å². The quantitative estimate of drug-likeness (QED) is 0.422. The second kappa shape index (κ2) is 7.56. The van der Waals surface area contributed by atoms with Crippen LogP contribution < -0.4 is 4.90 Å². The zero-order chi connectivity index (χ0) is 21.6. The highest BCUT2D eigenvalue weighted by atomic mass is 32.1. The predicted octanol–water partition coefficient (Wildman–Crippen LogP) is 4.79. The van der Waals surface area contributed by atoms with Gasteiger partial charge >= 0.3 is 6.18 Å². The van der Waals surface area contributed by atoms with Gasteiger partial charge in [-0.05, 0) is 37.1 Å². The Balaban J connectivity index is 1.44. The number of thiazole rings is 1. The van der Waals surface area contributed by atoms with Crippen molar-refractivity contribution in [2.24, 2.45) is 0 Å². The largest absolute Gasteiger partial charge is 0.434 e. The molecule has 11 heteroatoms. The van der Waals surface area contributed by atoms with Crippen LogP contribution in [0.25, 0.3) is 17.0 Å². The monoisotopic (exact) mass is 448 g/mol. The Morgan fingerprint density at radius 2 is 1.90 bits per heavy atom. The Bertz CT molecular complexity index is 1230. The van der Waals surface area contributed by atoms with Crippen molar-refractivity contribution < 1.29 is 17.6 Å². The maximum Gasteiger partial charge on any atom is 0.434 e. The highest BCUT2D eigenvalue weighted by Crippen LogP contribution is 2.35. The molecular weight excluding hydrogens is 432 g/mol. The number of fused-ring (bicyclic) bond motifs is 1. The number of halogens is 4. The molecule has 1 saturated heterocycles. The van der Waals surface area contributed by atoms with E-state index in [2.05, 4.69) is 20.3 Å². The molecule has 0 N–H and O–H groups in total. The van der Waals surface area contributed by atoms with Gasteiger partial charge in [-0.2, -0.15) is 17.7 Å². The zero-order valence-electron chi connectivity index (χ0n) is 16.1. The van der Waals surface area contributed by atoms with E-state index in [1.165, 1.54) is 10.6 Å². The van der Waals surface area contributed by atoms with Crippen LogP contribution in [0.1, 0.15) is 29.5 Å². The highest BCUT2D eigenvalue weighted by Gasteiger charge is 2.35. The molecule has 0 aliphatic carbocycles. The standard InChI is InChI=1S/C20H16F4N6S/c21-14-6-2-1-5-13(14)18-27-26-16-7-8-17(28-30(16)18)29-9-3-4-12(10-29)19-25-15(11-31-19)20(22,23)24/h1-2,5-8,11-12H,3-4,9-10H2. The lowest BCUT2D eigenvalue weighted by Crippen LogP contribution is -2.35. The lowest BCUT2D eigenvalue weighted by atomic mass is 9.99. The van der Waals surface area contributed by atoms with E-state index in [9.17, 15) is 17.6 Å². The van der Waals surface area contributed by atoms with Gasteiger partial charge in [-0.3, -0.25) is 0 Å². The van der Waals surface area contributed by atoms with Crippen LogP contribution in [0.2, 0.25) is 0 Å². The Morgan fingerprint density at radius 3 is 2.68 bits per heavy atom. The van der Waals surface area contributed by atoms with Crippen molar-refractivity contribution in [1.29, 1.82) is 0 Å². The van der Waals surface area contributed by atoms with E-state index in [0.717, 1.165) is 29.6 Å². The van der Waals surface area contributed by atoms with Crippen molar-refractivity contribution in [2.45, 2.75) is 24.9 Å². The van der Waals surface area contributed by atoms with Crippen LogP contribution in [0.4, 0.5) is 23.4 Å². The van der Waals surface area contributed by atoms with Gasteiger partial charge in [-0.25, -0.2) is 9.37 Å². The minimum Gasteiger partial charge on any atom is -0.354 e. The van der Waals surface area contributed by atoms with Gasteiger partial charge in [0.05, 0.1) is 10.6 Å². The van der Waals surface area contributed by atoms with Gasteiger partial charge in [0.15, 0.2) is 17.2 Å². The molecule has 31 heavy (non-hydrogen) atoms. The van der Waals surface area contributed by atoms with Gasteiger partial charge in [0.25, 0.3) is 0 Å². The Hall–Kier alpha value is -3.08. The molecule has 0 spiro atoms. The Labute approximate surface area is 178 Å². The summed E-state index contributed by atoms with van der Waals surface area (Å²) in [5.41, 5.74) is -0.0767. The summed E-state index contributed by atoms with van der Waals surface area (Å²) >= 11 is 1.04. The average Bonchev–Trinajstić information content (AvgIpc) is 3.41. The number of alkyl halides is 3. The first-order valence-corrected chi connectivity index (χ1v) is 10.5. The molecule has 1 aliphatic rings. The number of rotatable bonds is 3. The molecule has 160 valence electrons. The second-order valence-electron chi connectivity index (χ2n) is 7.32. The lowest BCUT2D eigenvalue weighted by molar-refractivity contribution is -0.140. The van der Waals surface area contributed by atoms with Crippen molar-refractivity contribution in [3.63, 3.8) is 0 Å². The van der Waals surface area contributed by atoms with E-state index in [-0.39, 0.29) is 5.92 Å². The molecule has 1 fully saturated rings. The molecule has 4 heterocycles. The molecule has 0 amide bonds. The molecule has 6 nitrogen and oxygen atoms in total. The third kappa shape index (κ3) is 3.73. The normalized spacial score (nSPS) is 17.4. The topological polar surface area (TPSA) is 59.2 Å². The Morgan fingerprint density at radius 1 is 1.06 bits per heavy atom. The number of piperidine rings is 1. The van der Waals surface area contributed by atoms with Crippen molar-refractivity contribution in [2.75, 3.05) is 18.0 Å². The van der Waals surface area contributed by atoms with Crippen molar-refractivity contribution >= 4 is 22.8 Å². The fourth-order valence-corrected chi connectivity index (χ4v) is 4.71. The first kappa shape index (κ1) is 19.9. The number of hydrogen-bond donors (Lipinski definition) is 0. The van der Waals surface area contributed by atoms with Crippen molar-refractivity contribution in [3.8, 4) is 11.4 Å². The van der Waals surface area contributed by atoms with E-state index in [1.54, 1.807) is 30.3 Å².